The van der Waals surface area contributed by atoms with Gasteiger partial charge in [0.25, 0.3) is 5.91 Å². The maximum absolute atomic E-state index is 12.3. The lowest BCUT2D eigenvalue weighted by atomic mass is 10.1. The molecule has 1 N–H and O–H groups in total. The quantitative estimate of drug-likeness (QED) is 0.437. The smallest absolute Gasteiger partial charge is 0.261 e. The van der Waals surface area contributed by atoms with Crippen LogP contribution >= 0.6 is 0 Å². The second kappa shape index (κ2) is 7.03. The van der Waals surface area contributed by atoms with Crippen molar-refractivity contribution in [1.82, 2.24) is 20.4 Å². The first-order valence-corrected chi connectivity index (χ1v) is 8.79. The molecule has 2 aromatic heterocycles. The maximum Gasteiger partial charge on any atom is 0.261 e. The molecule has 2 aromatic carbocycles. The van der Waals surface area contributed by atoms with Gasteiger partial charge in [-0.2, -0.15) is 5.10 Å². The van der Waals surface area contributed by atoms with E-state index < -0.39 is 0 Å². The highest BCUT2D eigenvalue weighted by Gasteiger charge is 2.15. The lowest BCUT2D eigenvalue weighted by molar-refractivity contribution is -0.121. The summed E-state index contributed by atoms with van der Waals surface area (Å²) in [5.41, 5.74) is 6.66. The summed E-state index contributed by atoms with van der Waals surface area (Å²) in [7, 11) is 0. The molecular formula is C20H19N5O2. The number of para-hydroxylation sites is 2. The molecule has 7 nitrogen and oxygen atoms in total. The summed E-state index contributed by atoms with van der Waals surface area (Å²) in [6.07, 6.45) is 0.818. The van der Waals surface area contributed by atoms with Crippen molar-refractivity contribution < 1.29 is 9.21 Å². The van der Waals surface area contributed by atoms with Gasteiger partial charge in [0.2, 0.25) is 0 Å². The highest BCUT2D eigenvalue weighted by atomic mass is 16.3. The fraction of sp³-hybridized carbons (Fsp3) is 0.200. The van der Waals surface area contributed by atoms with E-state index >= 15 is 0 Å². The van der Waals surface area contributed by atoms with Crippen LogP contribution in [-0.2, 0) is 17.8 Å². The first kappa shape index (κ1) is 17.0. The molecule has 7 heteroatoms. The Bertz CT molecular complexity index is 1160. The third kappa shape index (κ3) is 3.19. The van der Waals surface area contributed by atoms with Crippen molar-refractivity contribution in [1.29, 1.82) is 0 Å². The van der Waals surface area contributed by atoms with Crippen LogP contribution < -0.4 is 5.43 Å². The van der Waals surface area contributed by atoms with Crippen molar-refractivity contribution in [3.8, 4) is 0 Å². The van der Waals surface area contributed by atoms with E-state index in [-0.39, 0.29) is 12.5 Å². The van der Waals surface area contributed by atoms with Gasteiger partial charge < -0.3 is 4.42 Å². The normalized spacial score (nSPS) is 12.0. The Morgan fingerprint density at radius 3 is 2.81 bits per heavy atom. The van der Waals surface area contributed by atoms with Crippen molar-refractivity contribution in [2.75, 3.05) is 0 Å². The molecule has 0 radical (unpaired) electrons. The van der Waals surface area contributed by atoms with Crippen molar-refractivity contribution in [3.05, 3.63) is 59.9 Å². The maximum atomic E-state index is 12.3. The van der Waals surface area contributed by atoms with Crippen molar-refractivity contribution >= 4 is 33.6 Å². The van der Waals surface area contributed by atoms with Gasteiger partial charge in [0.05, 0.1) is 5.52 Å². The van der Waals surface area contributed by atoms with E-state index in [1.54, 1.807) is 4.68 Å². The fourth-order valence-corrected chi connectivity index (χ4v) is 3.14. The number of aryl methyl sites for hydroxylation is 1. The molecule has 0 atom stereocenters. The van der Waals surface area contributed by atoms with E-state index in [2.05, 4.69) is 27.8 Å². The number of amides is 1. The predicted octanol–water partition coefficient (Wildman–Crippen LogP) is 3.28. The summed E-state index contributed by atoms with van der Waals surface area (Å²) in [6.45, 7) is 3.93. The zero-order valence-electron chi connectivity index (χ0n) is 15.1. The number of carbonyl (C=O) groups excluding carboxylic acids is 1. The number of aromatic nitrogens is 3. The molecule has 0 saturated carbocycles. The predicted molar refractivity (Wildman–Crippen MR) is 103 cm³/mol. The summed E-state index contributed by atoms with van der Waals surface area (Å²) < 4.78 is 7.49. The Labute approximate surface area is 155 Å². The molecular weight excluding hydrogens is 342 g/mol. The number of nitrogens with zero attached hydrogens (tertiary/aromatic N) is 4. The Morgan fingerprint density at radius 1 is 1.19 bits per heavy atom. The van der Waals surface area contributed by atoms with E-state index in [9.17, 15) is 4.79 Å². The molecule has 2 heterocycles. The first-order valence-electron chi connectivity index (χ1n) is 8.79. The fourth-order valence-electron chi connectivity index (χ4n) is 3.14. The SMILES string of the molecule is CCc1c(/C(C)=N\NC(=O)Cn2nnc3ccccc32)oc2ccccc12. The Kier molecular flexibility index (Phi) is 4.42. The van der Waals surface area contributed by atoms with Crippen LogP contribution in [0.15, 0.2) is 58.0 Å². The van der Waals surface area contributed by atoms with Gasteiger partial charge in [-0.15, -0.1) is 5.10 Å². The van der Waals surface area contributed by atoms with E-state index in [0.29, 0.717) is 11.5 Å². The van der Waals surface area contributed by atoms with Crippen LogP contribution in [0.2, 0.25) is 0 Å². The van der Waals surface area contributed by atoms with Crippen molar-refractivity contribution in [2.45, 2.75) is 26.8 Å². The molecule has 0 saturated heterocycles. The molecule has 0 bridgehead atoms. The largest absolute Gasteiger partial charge is 0.454 e. The van der Waals surface area contributed by atoms with Crippen LogP contribution in [0.25, 0.3) is 22.0 Å². The zero-order valence-corrected chi connectivity index (χ0v) is 15.1. The second-order valence-electron chi connectivity index (χ2n) is 6.23. The van der Waals surface area contributed by atoms with Gasteiger partial charge in [0, 0.05) is 10.9 Å². The first-order chi connectivity index (χ1) is 13.2. The summed E-state index contributed by atoms with van der Waals surface area (Å²) in [5, 5.41) is 13.4. The Morgan fingerprint density at radius 2 is 1.96 bits per heavy atom. The third-order valence-electron chi connectivity index (χ3n) is 4.44. The highest BCUT2D eigenvalue weighted by Crippen LogP contribution is 2.26. The number of hydrazone groups is 1. The van der Waals surface area contributed by atoms with Gasteiger partial charge in [0.1, 0.15) is 23.4 Å². The van der Waals surface area contributed by atoms with Crippen LogP contribution in [0.1, 0.15) is 25.2 Å². The molecule has 27 heavy (non-hydrogen) atoms. The third-order valence-corrected chi connectivity index (χ3v) is 4.44. The lowest BCUT2D eigenvalue weighted by Gasteiger charge is -2.03. The molecule has 4 aromatic rings. The average molecular weight is 361 g/mol. The molecule has 0 fully saturated rings. The number of benzene rings is 2. The van der Waals surface area contributed by atoms with Gasteiger partial charge >= 0.3 is 0 Å². The minimum atomic E-state index is -0.279. The molecule has 0 unspecified atom stereocenters. The van der Waals surface area contributed by atoms with Gasteiger partial charge in [-0.25, -0.2) is 10.1 Å². The van der Waals surface area contributed by atoms with Gasteiger partial charge in [-0.05, 0) is 31.5 Å². The van der Waals surface area contributed by atoms with E-state index in [0.717, 1.165) is 34.0 Å². The molecule has 136 valence electrons. The molecule has 0 aliphatic rings. The zero-order chi connectivity index (χ0) is 18.8. The topological polar surface area (TPSA) is 85.3 Å². The van der Waals surface area contributed by atoms with Crippen LogP contribution in [0.5, 0.6) is 0 Å². The number of furan rings is 1. The number of hydrogen-bond donors (Lipinski definition) is 1. The van der Waals surface area contributed by atoms with Crippen LogP contribution in [0.3, 0.4) is 0 Å². The standard InChI is InChI=1S/C20H19N5O2/c1-3-14-15-8-4-7-11-18(15)27-20(14)13(2)21-23-19(26)12-25-17-10-6-5-9-16(17)22-24-25/h4-11H,3,12H2,1-2H3,(H,23,26)/b21-13-. The highest BCUT2D eigenvalue weighted by molar-refractivity contribution is 6.02. The molecule has 0 aliphatic heterocycles. The minimum absolute atomic E-state index is 0.0397. The number of fused-ring (bicyclic) bond motifs is 2. The van der Waals surface area contributed by atoms with Crippen LogP contribution in [0, 0.1) is 0 Å². The number of nitrogens with one attached hydrogen (secondary N) is 1. The monoisotopic (exact) mass is 361 g/mol. The van der Waals surface area contributed by atoms with Crippen molar-refractivity contribution in [3.63, 3.8) is 0 Å². The molecule has 1 amide bonds. The van der Waals surface area contributed by atoms with E-state index in [4.69, 9.17) is 4.42 Å². The number of hydrogen-bond acceptors (Lipinski definition) is 5. The van der Waals surface area contributed by atoms with Crippen LogP contribution in [0.4, 0.5) is 0 Å². The van der Waals surface area contributed by atoms with Gasteiger partial charge in [-0.3, -0.25) is 4.79 Å². The number of rotatable bonds is 5. The van der Waals surface area contributed by atoms with Gasteiger partial charge in [-0.1, -0.05) is 42.5 Å². The number of carbonyl (C=O) groups is 1. The molecule has 0 spiro atoms. The lowest BCUT2D eigenvalue weighted by Crippen LogP contribution is -2.24. The van der Waals surface area contributed by atoms with E-state index in [1.807, 2.05) is 55.5 Å². The average Bonchev–Trinajstić information content (AvgIpc) is 3.27. The summed E-state index contributed by atoms with van der Waals surface area (Å²) in [6, 6.07) is 15.4. The minimum Gasteiger partial charge on any atom is -0.454 e. The summed E-state index contributed by atoms with van der Waals surface area (Å²) in [4.78, 5) is 12.3. The summed E-state index contributed by atoms with van der Waals surface area (Å²) >= 11 is 0. The van der Waals surface area contributed by atoms with Crippen molar-refractivity contribution in [2.24, 2.45) is 5.10 Å². The Hall–Kier alpha value is -3.48. The Balaban J connectivity index is 1.53. The molecule has 4 rings (SSSR count). The molecule has 0 aliphatic carbocycles. The summed E-state index contributed by atoms with van der Waals surface area (Å²) in [5.74, 6) is 0.421. The second-order valence-corrected chi connectivity index (χ2v) is 6.23. The van der Waals surface area contributed by atoms with Crippen LogP contribution in [-0.4, -0.2) is 26.6 Å². The van der Waals surface area contributed by atoms with Gasteiger partial charge in [0.15, 0.2) is 5.76 Å². The van der Waals surface area contributed by atoms with E-state index in [1.165, 1.54) is 0 Å².